The van der Waals surface area contributed by atoms with Gasteiger partial charge in [-0.25, -0.2) is 22.9 Å². The minimum absolute atomic E-state index is 0.117. The molecule has 0 radical (unpaired) electrons. The first-order chi connectivity index (χ1) is 14.5. The number of halogens is 2. The largest absolute Gasteiger partial charge is 0.386 e. The monoisotopic (exact) mass is 451 g/mol. The van der Waals surface area contributed by atoms with Crippen molar-refractivity contribution in [3.63, 3.8) is 0 Å². The van der Waals surface area contributed by atoms with Crippen molar-refractivity contribution in [2.24, 2.45) is 15.4 Å². The zero-order chi connectivity index (χ0) is 22.6. The molecule has 4 N–H and O–H groups in total. The quantitative estimate of drug-likeness (QED) is 0.636. The number of nitrogens with two attached hydrogens (primary N) is 1. The van der Waals surface area contributed by atoms with Gasteiger partial charge in [-0.15, -0.1) is 4.36 Å². The molecule has 168 valence electrons. The number of carbonyl (C=O) groups excluding carboxylic acids is 1. The number of hydrogen-bond acceptors (Lipinski definition) is 3. The number of nitrogens with one attached hydrogen (secondary N) is 1. The fraction of sp³-hybridized carbons (Fsp3) is 0.500. The van der Waals surface area contributed by atoms with Gasteiger partial charge >= 0.3 is 6.03 Å². The first-order valence-corrected chi connectivity index (χ1v) is 12.1. The highest BCUT2D eigenvalue weighted by Crippen LogP contribution is 2.49. The predicted octanol–water partition coefficient (Wildman–Crippen LogP) is 4.35. The topological polar surface area (TPSA) is 105 Å². The van der Waals surface area contributed by atoms with Crippen molar-refractivity contribution in [2.45, 2.75) is 68.9 Å². The highest BCUT2D eigenvalue weighted by Gasteiger charge is 2.42. The molecule has 0 aromatic heterocycles. The second kappa shape index (κ2) is 7.79. The molecule has 2 amide bonds. The Balaban J connectivity index is 1.61. The highest BCUT2D eigenvalue weighted by molar-refractivity contribution is 7.91. The number of hydrogen-bond donors (Lipinski definition) is 3. The Morgan fingerprint density at radius 1 is 1.23 bits per heavy atom. The van der Waals surface area contributed by atoms with E-state index in [9.17, 15) is 22.9 Å². The maximum atomic E-state index is 14.8. The number of rotatable bonds is 3. The lowest BCUT2D eigenvalue weighted by Gasteiger charge is -2.31. The molecule has 3 unspecified atom stereocenters. The molecule has 0 spiro atoms. The molecule has 4 rings (SSSR count). The Kier molecular flexibility index (Phi) is 5.56. The van der Waals surface area contributed by atoms with Gasteiger partial charge in [-0.2, -0.15) is 0 Å². The molecule has 3 aliphatic rings. The fourth-order valence-electron chi connectivity index (χ4n) is 4.95. The Bertz CT molecular complexity index is 1130. The zero-order valence-corrected chi connectivity index (χ0v) is 18.4. The van der Waals surface area contributed by atoms with Gasteiger partial charge < -0.3 is 10.4 Å². The highest BCUT2D eigenvalue weighted by atomic mass is 32.2. The van der Waals surface area contributed by atoms with E-state index in [0.29, 0.717) is 24.8 Å². The third-order valence-corrected chi connectivity index (χ3v) is 7.84. The summed E-state index contributed by atoms with van der Waals surface area (Å²) in [6.45, 7) is 2.98. The van der Waals surface area contributed by atoms with Crippen LogP contribution in [0, 0.1) is 11.7 Å². The van der Waals surface area contributed by atoms with Gasteiger partial charge in [0.2, 0.25) is 0 Å². The maximum Gasteiger partial charge on any atom is 0.350 e. The molecule has 0 aliphatic heterocycles. The number of fused-ring (bicyclic) bond motifs is 1. The number of nitrogens with zero attached hydrogens (tertiary/aromatic N) is 1. The van der Waals surface area contributed by atoms with Crippen LogP contribution in [0.3, 0.4) is 0 Å². The average molecular weight is 452 g/mol. The summed E-state index contributed by atoms with van der Waals surface area (Å²) in [4.78, 5) is 12.3. The molecule has 0 heterocycles. The van der Waals surface area contributed by atoms with E-state index < -0.39 is 38.3 Å². The molecule has 31 heavy (non-hydrogen) atoms. The van der Waals surface area contributed by atoms with Crippen LogP contribution in [0.4, 0.5) is 13.6 Å². The smallest absolute Gasteiger partial charge is 0.350 e. The summed E-state index contributed by atoms with van der Waals surface area (Å²) in [6, 6.07) is 2.30. The van der Waals surface area contributed by atoms with Crippen molar-refractivity contribution < 1.29 is 22.9 Å². The van der Waals surface area contributed by atoms with Gasteiger partial charge in [0.05, 0.1) is 16.5 Å². The van der Waals surface area contributed by atoms with E-state index in [-0.39, 0.29) is 17.3 Å². The van der Waals surface area contributed by atoms with E-state index >= 15 is 0 Å². The van der Waals surface area contributed by atoms with Crippen LogP contribution in [0.5, 0.6) is 0 Å². The lowest BCUT2D eigenvalue weighted by molar-refractivity contribution is 0.0781. The predicted molar refractivity (Wildman–Crippen MR) is 113 cm³/mol. The zero-order valence-electron chi connectivity index (χ0n) is 17.6. The molecular weight excluding hydrogens is 424 g/mol. The molecule has 6 nitrogen and oxygen atoms in total. The maximum absolute atomic E-state index is 14.8. The first kappa shape index (κ1) is 22.1. The summed E-state index contributed by atoms with van der Waals surface area (Å²) < 4.78 is 45.9. The van der Waals surface area contributed by atoms with Crippen LogP contribution in [0.25, 0.3) is 0 Å². The Morgan fingerprint density at radius 2 is 1.94 bits per heavy atom. The van der Waals surface area contributed by atoms with Gasteiger partial charge in [0.15, 0.2) is 0 Å². The third kappa shape index (κ3) is 4.06. The van der Waals surface area contributed by atoms with Crippen LogP contribution in [0.1, 0.15) is 57.9 Å². The van der Waals surface area contributed by atoms with Gasteiger partial charge in [-0.3, -0.25) is 0 Å². The van der Waals surface area contributed by atoms with Crippen molar-refractivity contribution in [3.05, 3.63) is 52.1 Å². The minimum atomic E-state index is -3.85. The summed E-state index contributed by atoms with van der Waals surface area (Å²) in [5.74, 6) is -1.16. The Labute approximate surface area is 180 Å². The van der Waals surface area contributed by atoms with Gasteiger partial charge in [0.25, 0.3) is 0 Å². The summed E-state index contributed by atoms with van der Waals surface area (Å²) >= 11 is 0. The fourth-order valence-corrected chi connectivity index (χ4v) is 5.95. The van der Waals surface area contributed by atoms with E-state index in [2.05, 4.69) is 9.68 Å². The number of aliphatic hydroxyl groups is 1. The van der Waals surface area contributed by atoms with Crippen molar-refractivity contribution in [3.8, 4) is 0 Å². The summed E-state index contributed by atoms with van der Waals surface area (Å²) in [6.07, 6.45) is 4.45. The van der Waals surface area contributed by atoms with Crippen LogP contribution in [-0.4, -0.2) is 21.4 Å². The van der Waals surface area contributed by atoms with E-state index in [0.717, 1.165) is 36.5 Å². The molecule has 1 fully saturated rings. The third-order valence-electron chi connectivity index (χ3n) is 6.44. The Morgan fingerprint density at radius 3 is 2.61 bits per heavy atom. The average Bonchev–Trinajstić information content (AvgIpc) is 3.33. The molecule has 1 saturated carbocycles. The second-order valence-electron chi connectivity index (χ2n) is 8.99. The molecule has 0 bridgehead atoms. The van der Waals surface area contributed by atoms with Crippen LogP contribution in [-0.2, 0) is 15.5 Å². The molecule has 3 atom stereocenters. The van der Waals surface area contributed by atoms with Crippen molar-refractivity contribution in [2.75, 3.05) is 0 Å². The lowest BCUT2D eigenvalue weighted by atomic mass is 9.81. The summed E-state index contributed by atoms with van der Waals surface area (Å²) in [5.41, 5.74) is 1.28. The number of amides is 2. The van der Waals surface area contributed by atoms with Crippen LogP contribution in [0.15, 0.2) is 50.0 Å². The van der Waals surface area contributed by atoms with Crippen molar-refractivity contribution in [1.29, 1.82) is 0 Å². The standard InChI is InChI=1S/C22H27F2N3O3S/c1-22(2,29)12-9-10-18(17(23)11-12)31(25,30)27-21(28)26-20-15-7-3-5-13(15)19(24)14-6-4-8-16(14)20/h9-11,15,20,29H,3-8H2,1-2H3,(H3,25,26,27,28,30). The number of urea groups is 1. The molecule has 1 aromatic rings. The lowest BCUT2D eigenvalue weighted by Crippen LogP contribution is -2.42. The minimum Gasteiger partial charge on any atom is -0.386 e. The van der Waals surface area contributed by atoms with Gasteiger partial charge in [-0.1, -0.05) is 6.07 Å². The van der Waals surface area contributed by atoms with E-state index in [4.69, 9.17) is 5.14 Å². The molecule has 0 saturated heterocycles. The molecular formula is C22H27F2N3O3S. The number of allylic oxidation sites excluding steroid dienone is 2. The molecule has 1 aromatic carbocycles. The van der Waals surface area contributed by atoms with Gasteiger partial charge in [0, 0.05) is 5.92 Å². The van der Waals surface area contributed by atoms with E-state index in [1.54, 1.807) is 0 Å². The Hall–Kier alpha value is -2.10. The number of carbonyl (C=O) groups is 1. The summed E-state index contributed by atoms with van der Waals surface area (Å²) in [5, 5.41) is 18.5. The second-order valence-corrected chi connectivity index (χ2v) is 10.7. The first-order valence-electron chi connectivity index (χ1n) is 10.5. The van der Waals surface area contributed by atoms with E-state index in [1.807, 2.05) is 0 Å². The van der Waals surface area contributed by atoms with Crippen LogP contribution < -0.4 is 10.5 Å². The van der Waals surface area contributed by atoms with Gasteiger partial charge in [-0.05, 0) is 86.8 Å². The van der Waals surface area contributed by atoms with Crippen molar-refractivity contribution in [1.82, 2.24) is 5.32 Å². The number of benzene rings is 1. The van der Waals surface area contributed by atoms with Crippen LogP contribution >= 0.6 is 0 Å². The molecule has 9 heteroatoms. The van der Waals surface area contributed by atoms with Crippen LogP contribution in [0.2, 0.25) is 0 Å². The van der Waals surface area contributed by atoms with Crippen molar-refractivity contribution >= 4 is 15.9 Å². The summed E-state index contributed by atoms with van der Waals surface area (Å²) in [7, 11) is -3.85. The van der Waals surface area contributed by atoms with Gasteiger partial charge in [0.1, 0.15) is 21.6 Å². The molecule has 3 aliphatic carbocycles. The van der Waals surface area contributed by atoms with E-state index in [1.165, 1.54) is 26.0 Å². The normalized spacial score (nSPS) is 25.2. The SMILES string of the molecule is CC(C)(O)c1ccc(S(N)(=O)=NC(=O)NC2C3=C(CCC3)C(F)=C3CCCC32)c(F)c1.